The van der Waals surface area contributed by atoms with Crippen molar-refractivity contribution in [1.82, 2.24) is 0 Å². The Hall–Kier alpha value is -2.03. The molecule has 2 N–H and O–H groups in total. The summed E-state index contributed by atoms with van der Waals surface area (Å²) in [5.41, 5.74) is 1.77. The molecule has 0 bridgehead atoms. The van der Waals surface area contributed by atoms with Gasteiger partial charge >= 0.3 is 0 Å². The number of rotatable bonds is 3. The van der Waals surface area contributed by atoms with Gasteiger partial charge in [-0.15, -0.1) is 0 Å². The summed E-state index contributed by atoms with van der Waals surface area (Å²) in [5.74, 6) is 0.00121. The summed E-state index contributed by atoms with van der Waals surface area (Å²) in [5, 5.41) is 12.2. The van der Waals surface area contributed by atoms with Gasteiger partial charge in [0.25, 0.3) is 0 Å². The molecule has 0 saturated heterocycles. The van der Waals surface area contributed by atoms with Crippen LogP contribution in [0.4, 0.5) is 10.1 Å². The van der Waals surface area contributed by atoms with Gasteiger partial charge < -0.3 is 10.4 Å². The lowest BCUT2D eigenvalue weighted by Gasteiger charge is -2.06. The first-order chi connectivity index (χ1) is 7.74. The van der Waals surface area contributed by atoms with Crippen molar-refractivity contribution in [3.63, 3.8) is 0 Å². The average Bonchev–Trinajstić information content (AvgIpc) is 2.28. The van der Waals surface area contributed by atoms with Crippen LogP contribution < -0.4 is 5.32 Å². The topological polar surface area (TPSA) is 32.3 Å². The molecule has 3 heteroatoms. The Balaban J connectivity index is 1.99. The van der Waals surface area contributed by atoms with Crippen LogP contribution in [0.25, 0.3) is 0 Å². The molecule has 0 amide bonds. The molecule has 2 aromatic rings. The molecular weight excluding hydrogens is 205 g/mol. The SMILES string of the molecule is Oc1ccc(NCc2cccc(F)c2)cc1. The van der Waals surface area contributed by atoms with Gasteiger partial charge in [0.05, 0.1) is 0 Å². The number of benzene rings is 2. The Kier molecular flexibility index (Phi) is 3.05. The van der Waals surface area contributed by atoms with Gasteiger partial charge in [-0.1, -0.05) is 12.1 Å². The number of anilines is 1. The summed E-state index contributed by atoms with van der Waals surface area (Å²) in [7, 11) is 0. The van der Waals surface area contributed by atoms with Gasteiger partial charge in [0.2, 0.25) is 0 Å². The molecule has 0 aliphatic rings. The summed E-state index contributed by atoms with van der Waals surface area (Å²) < 4.78 is 12.9. The maximum atomic E-state index is 12.9. The molecule has 0 spiro atoms. The van der Waals surface area contributed by atoms with Crippen LogP contribution in [0.3, 0.4) is 0 Å². The Morgan fingerprint density at radius 1 is 1.06 bits per heavy atom. The minimum Gasteiger partial charge on any atom is -0.508 e. The Bertz CT molecular complexity index is 468. The average molecular weight is 217 g/mol. The van der Waals surface area contributed by atoms with E-state index in [0.29, 0.717) is 6.54 Å². The second-order valence-corrected chi connectivity index (χ2v) is 3.53. The van der Waals surface area contributed by atoms with E-state index in [1.165, 1.54) is 12.1 Å². The third kappa shape index (κ3) is 2.73. The fraction of sp³-hybridized carbons (Fsp3) is 0.0769. The number of hydrogen-bond acceptors (Lipinski definition) is 2. The lowest BCUT2D eigenvalue weighted by atomic mass is 10.2. The van der Waals surface area contributed by atoms with Crippen molar-refractivity contribution in [3.8, 4) is 5.75 Å². The number of halogens is 1. The Morgan fingerprint density at radius 3 is 2.50 bits per heavy atom. The number of phenolic OH excluding ortho intramolecular Hbond substituents is 1. The fourth-order valence-corrected chi connectivity index (χ4v) is 1.43. The molecule has 2 aromatic carbocycles. The molecular formula is C13H12FNO. The van der Waals surface area contributed by atoms with E-state index in [-0.39, 0.29) is 11.6 Å². The predicted octanol–water partition coefficient (Wildman–Crippen LogP) is 3.14. The summed E-state index contributed by atoms with van der Waals surface area (Å²) in [6.45, 7) is 0.558. The standard InChI is InChI=1S/C13H12FNO/c14-11-3-1-2-10(8-11)9-15-12-4-6-13(16)7-5-12/h1-8,15-16H,9H2. The lowest BCUT2D eigenvalue weighted by molar-refractivity contribution is 0.475. The van der Waals surface area contributed by atoms with E-state index in [1.54, 1.807) is 30.3 Å². The first kappa shape index (κ1) is 10.5. The lowest BCUT2D eigenvalue weighted by Crippen LogP contribution is -1.99. The predicted molar refractivity (Wildman–Crippen MR) is 61.8 cm³/mol. The largest absolute Gasteiger partial charge is 0.508 e. The number of phenols is 1. The van der Waals surface area contributed by atoms with Crippen molar-refractivity contribution in [1.29, 1.82) is 0 Å². The van der Waals surface area contributed by atoms with Crippen LogP contribution >= 0.6 is 0 Å². The number of nitrogens with one attached hydrogen (secondary N) is 1. The Labute approximate surface area is 93.4 Å². The van der Waals surface area contributed by atoms with Crippen LogP contribution in [0.1, 0.15) is 5.56 Å². The highest BCUT2D eigenvalue weighted by molar-refractivity contribution is 5.46. The quantitative estimate of drug-likeness (QED) is 0.774. The monoisotopic (exact) mass is 217 g/mol. The van der Waals surface area contributed by atoms with Gasteiger partial charge in [-0.25, -0.2) is 4.39 Å². The van der Waals surface area contributed by atoms with E-state index in [0.717, 1.165) is 11.3 Å². The Morgan fingerprint density at radius 2 is 1.81 bits per heavy atom. The summed E-state index contributed by atoms with van der Waals surface area (Å²) >= 11 is 0. The van der Waals surface area contributed by atoms with Crippen molar-refractivity contribution in [2.45, 2.75) is 6.54 Å². The van der Waals surface area contributed by atoms with Crippen LogP contribution in [0, 0.1) is 5.82 Å². The second kappa shape index (κ2) is 4.66. The molecule has 0 unspecified atom stereocenters. The molecule has 2 rings (SSSR count). The van der Waals surface area contributed by atoms with Crippen molar-refractivity contribution in [2.24, 2.45) is 0 Å². The van der Waals surface area contributed by atoms with E-state index in [9.17, 15) is 4.39 Å². The molecule has 2 nitrogen and oxygen atoms in total. The number of hydrogen-bond donors (Lipinski definition) is 2. The number of aromatic hydroxyl groups is 1. The highest BCUT2D eigenvalue weighted by Crippen LogP contribution is 2.14. The minimum atomic E-state index is -0.231. The van der Waals surface area contributed by atoms with E-state index >= 15 is 0 Å². The van der Waals surface area contributed by atoms with Crippen LogP contribution in [0.2, 0.25) is 0 Å². The molecule has 0 saturated carbocycles. The third-order valence-corrected chi connectivity index (χ3v) is 2.25. The molecule has 0 radical (unpaired) electrons. The third-order valence-electron chi connectivity index (χ3n) is 2.25. The molecule has 0 atom stereocenters. The van der Waals surface area contributed by atoms with Gasteiger partial charge in [0, 0.05) is 12.2 Å². The molecule has 16 heavy (non-hydrogen) atoms. The minimum absolute atomic E-state index is 0.231. The van der Waals surface area contributed by atoms with Crippen molar-refractivity contribution in [3.05, 3.63) is 59.9 Å². The maximum Gasteiger partial charge on any atom is 0.123 e. The smallest absolute Gasteiger partial charge is 0.123 e. The van der Waals surface area contributed by atoms with E-state index in [1.807, 2.05) is 6.07 Å². The van der Waals surface area contributed by atoms with Crippen LogP contribution in [0.15, 0.2) is 48.5 Å². The van der Waals surface area contributed by atoms with Crippen LogP contribution in [-0.2, 0) is 6.54 Å². The molecule has 82 valence electrons. The van der Waals surface area contributed by atoms with E-state index < -0.39 is 0 Å². The first-order valence-electron chi connectivity index (χ1n) is 5.01. The second-order valence-electron chi connectivity index (χ2n) is 3.53. The summed E-state index contributed by atoms with van der Waals surface area (Å²) in [4.78, 5) is 0. The van der Waals surface area contributed by atoms with Gasteiger partial charge in [-0.3, -0.25) is 0 Å². The summed E-state index contributed by atoms with van der Waals surface area (Å²) in [6, 6.07) is 13.2. The maximum absolute atomic E-state index is 12.9. The molecule has 0 heterocycles. The highest BCUT2D eigenvalue weighted by Gasteiger charge is 1.96. The zero-order chi connectivity index (χ0) is 11.4. The summed E-state index contributed by atoms with van der Waals surface area (Å²) in [6.07, 6.45) is 0. The van der Waals surface area contributed by atoms with Gasteiger partial charge in [-0.05, 0) is 42.0 Å². The zero-order valence-corrected chi connectivity index (χ0v) is 8.65. The van der Waals surface area contributed by atoms with E-state index in [2.05, 4.69) is 5.32 Å². The fourth-order valence-electron chi connectivity index (χ4n) is 1.43. The van der Waals surface area contributed by atoms with Crippen molar-refractivity contribution in [2.75, 3.05) is 5.32 Å². The van der Waals surface area contributed by atoms with Crippen LogP contribution in [-0.4, -0.2) is 5.11 Å². The van der Waals surface area contributed by atoms with Crippen LogP contribution in [0.5, 0.6) is 5.75 Å². The van der Waals surface area contributed by atoms with Crippen molar-refractivity contribution < 1.29 is 9.50 Å². The molecule has 0 fully saturated rings. The highest BCUT2D eigenvalue weighted by atomic mass is 19.1. The van der Waals surface area contributed by atoms with Crippen molar-refractivity contribution >= 4 is 5.69 Å². The molecule has 0 aromatic heterocycles. The zero-order valence-electron chi connectivity index (χ0n) is 8.65. The van der Waals surface area contributed by atoms with Gasteiger partial charge in [-0.2, -0.15) is 0 Å². The normalized spacial score (nSPS) is 10.1. The molecule has 0 aliphatic heterocycles. The van der Waals surface area contributed by atoms with E-state index in [4.69, 9.17) is 5.11 Å². The first-order valence-corrected chi connectivity index (χ1v) is 5.01. The molecule has 0 aliphatic carbocycles. The van der Waals surface area contributed by atoms with Gasteiger partial charge in [0.1, 0.15) is 11.6 Å². The van der Waals surface area contributed by atoms with Gasteiger partial charge in [0.15, 0.2) is 0 Å².